The predicted octanol–water partition coefficient (Wildman–Crippen LogP) is 1.58. The number of hydrogen-bond acceptors (Lipinski definition) is 6. The van der Waals surface area contributed by atoms with Crippen LogP contribution < -0.4 is 21.5 Å². The molecule has 1 aromatic heterocycles. The number of ether oxygens (including phenoxy) is 1. The average Bonchev–Trinajstić information content (AvgIpc) is 2.65. The number of hydrogen-bond donors (Lipinski definition) is 4. The third kappa shape index (κ3) is 5.00. The molecule has 0 fully saturated rings. The first kappa shape index (κ1) is 20.5. The molecule has 2 amide bonds. The lowest BCUT2D eigenvalue weighted by molar-refractivity contribution is -0.125. The summed E-state index contributed by atoms with van der Waals surface area (Å²) in [6.07, 6.45) is 0.133. The minimum atomic E-state index is -0.636. The van der Waals surface area contributed by atoms with Crippen molar-refractivity contribution < 1.29 is 14.3 Å². The minimum absolute atomic E-state index is 0.0220. The second-order valence-electron chi connectivity index (χ2n) is 7.12. The van der Waals surface area contributed by atoms with Gasteiger partial charge in [-0.1, -0.05) is 17.7 Å². The molecule has 0 radical (unpaired) electrons. The lowest BCUT2D eigenvalue weighted by Crippen LogP contribution is -2.37. The van der Waals surface area contributed by atoms with Crippen molar-refractivity contribution in [3.05, 3.63) is 45.2 Å². The predicted molar refractivity (Wildman–Crippen MR) is 110 cm³/mol. The summed E-state index contributed by atoms with van der Waals surface area (Å²) >= 11 is 0. The number of carbonyl (C=O) groups excluding carboxylic acids is 2. The van der Waals surface area contributed by atoms with Crippen molar-refractivity contribution in [2.75, 3.05) is 36.2 Å². The van der Waals surface area contributed by atoms with Crippen LogP contribution in [-0.4, -0.2) is 42.0 Å². The molecule has 1 atom stereocenters. The van der Waals surface area contributed by atoms with E-state index in [1.807, 2.05) is 32.0 Å². The number of benzene rings is 1. The minimum Gasteiger partial charge on any atom is -0.383 e. The molecule has 29 heavy (non-hydrogen) atoms. The van der Waals surface area contributed by atoms with Crippen LogP contribution in [0.1, 0.15) is 23.1 Å². The molecule has 1 aromatic carbocycles. The van der Waals surface area contributed by atoms with E-state index in [0.717, 1.165) is 11.1 Å². The Morgan fingerprint density at radius 1 is 1.31 bits per heavy atom. The van der Waals surface area contributed by atoms with Gasteiger partial charge in [-0.3, -0.25) is 19.4 Å². The lowest BCUT2D eigenvalue weighted by atomic mass is 9.92. The van der Waals surface area contributed by atoms with E-state index >= 15 is 0 Å². The van der Waals surface area contributed by atoms with E-state index in [-0.39, 0.29) is 42.0 Å². The van der Waals surface area contributed by atoms with E-state index < -0.39 is 5.92 Å². The van der Waals surface area contributed by atoms with Gasteiger partial charge in [0.25, 0.3) is 5.56 Å². The maximum atomic E-state index is 12.5. The molecule has 2 heterocycles. The number of H-pyrrole nitrogens is 1. The van der Waals surface area contributed by atoms with E-state index in [0.29, 0.717) is 24.4 Å². The van der Waals surface area contributed by atoms with E-state index in [9.17, 15) is 14.4 Å². The van der Waals surface area contributed by atoms with Gasteiger partial charge >= 0.3 is 0 Å². The molecule has 0 bridgehead atoms. The second kappa shape index (κ2) is 8.87. The number of rotatable bonds is 7. The Balaban J connectivity index is 1.68. The van der Waals surface area contributed by atoms with Crippen molar-refractivity contribution in [2.45, 2.75) is 26.7 Å². The van der Waals surface area contributed by atoms with Gasteiger partial charge < -0.3 is 20.7 Å². The topological polar surface area (TPSA) is 125 Å². The fourth-order valence-electron chi connectivity index (χ4n) is 3.25. The molecular weight excluding hydrogens is 374 g/mol. The molecule has 0 saturated heterocycles. The largest absolute Gasteiger partial charge is 0.383 e. The fourth-order valence-corrected chi connectivity index (χ4v) is 3.25. The lowest BCUT2D eigenvalue weighted by Gasteiger charge is -2.23. The van der Waals surface area contributed by atoms with Crippen LogP contribution in [0.2, 0.25) is 0 Å². The summed E-state index contributed by atoms with van der Waals surface area (Å²) in [5, 5.41) is 8.41. The van der Waals surface area contributed by atoms with Gasteiger partial charge in [-0.05, 0) is 31.9 Å². The maximum absolute atomic E-state index is 12.5. The molecule has 3 rings (SSSR count). The van der Waals surface area contributed by atoms with Gasteiger partial charge in [-0.2, -0.15) is 4.98 Å². The van der Waals surface area contributed by atoms with Crippen molar-refractivity contribution >= 4 is 29.3 Å². The number of nitrogens with zero attached hydrogens (tertiary/aromatic N) is 1. The Morgan fingerprint density at radius 3 is 2.83 bits per heavy atom. The van der Waals surface area contributed by atoms with Gasteiger partial charge in [-0.25, -0.2) is 0 Å². The zero-order chi connectivity index (χ0) is 21.0. The van der Waals surface area contributed by atoms with Crippen LogP contribution in [-0.2, 0) is 20.7 Å². The third-order valence-corrected chi connectivity index (χ3v) is 4.76. The first-order valence-electron chi connectivity index (χ1n) is 9.41. The molecule has 2 aromatic rings. The number of aryl methyl sites for hydroxylation is 2. The third-order valence-electron chi connectivity index (χ3n) is 4.76. The monoisotopic (exact) mass is 399 g/mol. The maximum Gasteiger partial charge on any atom is 0.257 e. The molecule has 9 heteroatoms. The standard InChI is InChI=1S/C20H25N5O4/c1-11-4-5-15(12(2)8-11)22-16(26)10-13-9-14-17(23-18(13)27)24-20(25-19(14)28)21-6-7-29-3/h4-5,8,13H,6-7,9-10H2,1-3H3,(H,22,26)(H3,21,23,24,25,27,28). The normalized spacial score (nSPS) is 15.4. The number of fused-ring (bicyclic) bond motifs is 1. The molecule has 1 aliphatic heterocycles. The quantitative estimate of drug-likeness (QED) is 0.524. The number of nitrogens with one attached hydrogen (secondary N) is 4. The van der Waals surface area contributed by atoms with Crippen LogP contribution in [0.15, 0.2) is 23.0 Å². The van der Waals surface area contributed by atoms with E-state index in [2.05, 4.69) is 25.9 Å². The molecule has 4 N–H and O–H groups in total. The number of amides is 2. The van der Waals surface area contributed by atoms with Gasteiger partial charge in [0.05, 0.1) is 18.1 Å². The van der Waals surface area contributed by atoms with E-state index in [1.54, 1.807) is 7.11 Å². The van der Waals surface area contributed by atoms with Gasteiger partial charge in [0.1, 0.15) is 5.82 Å². The van der Waals surface area contributed by atoms with Crippen LogP contribution >= 0.6 is 0 Å². The van der Waals surface area contributed by atoms with Crippen LogP contribution in [0.25, 0.3) is 0 Å². The summed E-state index contributed by atoms with van der Waals surface area (Å²) in [6, 6.07) is 5.73. The van der Waals surface area contributed by atoms with Gasteiger partial charge in [0.2, 0.25) is 17.8 Å². The number of aromatic nitrogens is 2. The van der Waals surface area contributed by atoms with Crippen molar-refractivity contribution in [1.82, 2.24) is 9.97 Å². The highest BCUT2D eigenvalue weighted by Gasteiger charge is 2.31. The summed E-state index contributed by atoms with van der Waals surface area (Å²) in [5.41, 5.74) is 2.79. The average molecular weight is 399 g/mol. The summed E-state index contributed by atoms with van der Waals surface area (Å²) in [6.45, 7) is 4.81. The highest BCUT2D eigenvalue weighted by atomic mass is 16.5. The highest BCUT2D eigenvalue weighted by molar-refractivity contribution is 5.99. The number of aromatic amines is 1. The van der Waals surface area contributed by atoms with Crippen molar-refractivity contribution in [1.29, 1.82) is 0 Å². The Labute approximate surface area is 168 Å². The number of carbonyl (C=O) groups is 2. The SMILES string of the molecule is COCCNc1nc2c(c(=O)[nH]1)CC(CC(=O)Nc1ccc(C)cc1C)C(=O)N2. The Morgan fingerprint density at radius 2 is 2.10 bits per heavy atom. The smallest absolute Gasteiger partial charge is 0.257 e. The second-order valence-corrected chi connectivity index (χ2v) is 7.12. The van der Waals surface area contributed by atoms with Gasteiger partial charge in [0, 0.05) is 25.8 Å². The van der Waals surface area contributed by atoms with Crippen LogP contribution in [0.5, 0.6) is 0 Å². The Hall–Kier alpha value is -3.20. The summed E-state index contributed by atoms with van der Waals surface area (Å²) in [4.78, 5) is 44.2. The van der Waals surface area contributed by atoms with Crippen LogP contribution in [0, 0.1) is 19.8 Å². The molecule has 1 unspecified atom stereocenters. The first-order valence-corrected chi connectivity index (χ1v) is 9.41. The van der Waals surface area contributed by atoms with Gasteiger partial charge in [-0.15, -0.1) is 0 Å². The number of methoxy groups -OCH3 is 1. The Bertz CT molecular complexity index is 985. The Kier molecular flexibility index (Phi) is 6.28. The van der Waals surface area contributed by atoms with E-state index in [1.165, 1.54) is 0 Å². The molecular formula is C20H25N5O4. The first-order chi connectivity index (χ1) is 13.9. The van der Waals surface area contributed by atoms with Crippen LogP contribution in [0.3, 0.4) is 0 Å². The van der Waals surface area contributed by atoms with Crippen molar-refractivity contribution in [3.8, 4) is 0 Å². The zero-order valence-electron chi connectivity index (χ0n) is 16.7. The highest BCUT2D eigenvalue weighted by Crippen LogP contribution is 2.24. The molecule has 0 spiro atoms. The zero-order valence-corrected chi connectivity index (χ0v) is 16.7. The summed E-state index contributed by atoms with van der Waals surface area (Å²) in [5.74, 6) is -0.748. The van der Waals surface area contributed by atoms with Crippen LogP contribution in [0.4, 0.5) is 17.5 Å². The van der Waals surface area contributed by atoms with E-state index in [4.69, 9.17) is 4.74 Å². The number of anilines is 3. The van der Waals surface area contributed by atoms with Gasteiger partial charge in [0.15, 0.2) is 0 Å². The summed E-state index contributed by atoms with van der Waals surface area (Å²) < 4.78 is 4.94. The molecule has 0 aliphatic carbocycles. The fraction of sp³-hybridized carbons (Fsp3) is 0.400. The molecule has 9 nitrogen and oxygen atoms in total. The molecule has 1 aliphatic rings. The van der Waals surface area contributed by atoms with Crippen molar-refractivity contribution in [3.63, 3.8) is 0 Å². The molecule has 154 valence electrons. The van der Waals surface area contributed by atoms with Crippen molar-refractivity contribution in [2.24, 2.45) is 5.92 Å². The molecule has 0 saturated carbocycles. The summed E-state index contributed by atoms with van der Waals surface area (Å²) in [7, 11) is 1.57.